The van der Waals surface area contributed by atoms with Gasteiger partial charge in [0, 0.05) is 45.6 Å². The molecule has 0 bridgehead atoms. The molecule has 3 rings (SSSR count). The lowest BCUT2D eigenvalue weighted by atomic mass is 10.1. The summed E-state index contributed by atoms with van der Waals surface area (Å²) < 4.78 is 2.98. The Hall–Kier alpha value is -2.91. The molecule has 1 unspecified atom stereocenters. The van der Waals surface area contributed by atoms with Crippen LogP contribution in [-0.2, 0) is 14.1 Å². The fourth-order valence-electron chi connectivity index (χ4n) is 2.72. The van der Waals surface area contributed by atoms with Gasteiger partial charge in [-0.1, -0.05) is 0 Å². The number of anilines is 2. The fraction of sp³-hybridized carbons (Fsp3) is 0.500. The molecule has 1 saturated heterocycles. The van der Waals surface area contributed by atoms with E-state index >= 15 is 0 Å². The van der Waals surface area contributed by atoms with Crippen LogP contribution in [0.5, 0.6) is 0 Å². The van der Waals surface area contributed by atoms with Crippen molar-refractivity contribution >= 4 is 17.8 Å². The molecule has 1 atom stereocenters. The van der Waals surface area contributed by atoms with Gasteiger partial charge in [0.1, 0.15) is 6.33 Å². The largest absolute Gasteiger partial charge is 0.350 e. The normalized spacial score (nSPS) is 17.6. The number of carbonyl (C=O) groups excluding carboxylic acids is 1. The Morgan fingerprint density at radius 1 is 1.33 bits per heavy atom. The number of nitrogens with one attached hydrogen (secondary N) is 2. The molecule has 0 aromatic carbocycles. The quantitative estimate of drug-likeness (QED) is 0.798. The second-order valence-corrected chi connectivity index (χ2v) is 5.76. The molecule has 2 aromatic heterocycles. The highest BCUT2D eigenvalue weighted by Gasteiger charge is 2.24. The number of hydrogen-bond donors (Lipinski definition) is 2. The molecular formula is C14H20N8O2. The van der Waals surface area contributed by atoms with Crippen LogP contribution in [0.1, 0.15) is 12.8 Å². The molecule has 0 spiro atoms. The topological polar surface area (TPSA) is 110 Å². The summed E-state index contributed by atoms with van der Waals surface area (Å²) in [5.41, 5.74) is -0.137. The third kappa shape index (κ3) is 3.36. The van der Waals surface area contributed by atoms with Crippen molar-refractivity contribution in [1.82, 2.24) is 29.6 Å². The Morgan fingerprint density at radius 2 is 2.17 bits per heavy atom. The van der Waals surface area contributed by atoms with Crippen molar-refractivity contribution in [1.29, 1.82) is 0 Å². The molecule has 0 aliphatic carbocycles. The standard InChI is InChI=1S/C14H20N8O2/c1-20-7-5-15-11(12(20)23)22-6-3-4-10(8-22)18-14(24)19-13-16-9-17-21(13)2/h5,7,9-10H,3-4,6,8H2,1-2H3,(H2,16,17,18,19,24). The van der Waals surface area contributed by atoms with Crippen LogP contribution in [-0.4, -0.2) is 49.5 Å². The zero-order valence-electron chi connectivity index (χ0n) is 13.6. The maximum absolute atomic E-state index is 12.2. The van der Waals surface area contributed by atoms with Gasteiger partial charge in [-0.25, -0.2) is 14.5 Å². The number of urea groups is 1. The van der Waals surface area contributed by atoms with E-state index in [9.17, 15) is 9.59 Å². The Kier molecular flexibility index (Phi) is 4.45. The van der Waals surface area contributed by atoms with E-state index in [2.05, 4.69) is 25.7 Å². The number of aromatic nitrogens is 5. The van der Waals surface area contributed by atoms with E-state index in [1.165, 1.54) is 15.6 Å². The minimum atomic E-state index is -0.341. The zero-order chi connectivity index (χ0) is 17.1. The Labute approximate surface area is 138 Å². The second-order valence-electron chi connectivity index (χ2n) is 5.76. The van der Waals surface area contributed by atoms with E-state index in [0.29, 0.717) is 18.3 Å². The molecule has 1 aliphatic heterocycles. The summed E-state index contributed by atoms with van der Waals surface area (Å²) in [6.07, 6.45) is 6.31. The third-order valence-corrected chi connectivity index (χ3v) is 3.99. The van der Waals surface area contributed by atoms with E-state index < -0.39 is 0 Å². The van der Waals surface area contributed by atoms with Crippen molar-refractivity contribution in [3.8, 4) is 0 Å². The Morgan fingerprint density at radius 3 is 2.92 bits per heavy atom. The summed E-state index contributed by atoms with van der Waals surface area (Å²) in [7, 11) is 3.39. The lowest BCUT2D eigenvalue weighted by Crippen LogP contribution is -2.50. The van der Waals surface area contributed by atoms with Gasteiger partial charge < -0.3 is 14.8 Å². The van der Waals surface area contributed by atoms with Crippen LogP contribution < -0.4 is 21.1 Å². The first-order valence-electron chi connectivity index (χ1n) is 7.72. The van der Waals surface area contributed by atoms with Crippen molar-refractivity contribution < 1.29 is 4.79 Å². The van der Waals surface area contributed by atoms with Gasteiger partial charge in [0.25, 0.3) is 5.56 Å². The van der Waals surface area contributed by atoms with E-state index in [4.69, 9.17) is 0 Å². The van der Waals surface area contributed by atoms with Gasteiger partial charge in [0.15, 0.2) is 5.82 Å². The predicted molar refractivity (Wildman–Crippen MR) is 87.9 cm³/mol. The molecule has 1 fully saturated rings. The highest BCUT2D eigenvalue weighted by Crippen LogP contribution is 2.14. The van der Waals surface area contributed by atoms with Gasteiger partial charge in [-0.15, -0.1) is 0 Å². The first-order chi connectivity index (χ1) is 11.5. The molecule has 2 aromatic rings. The van der Waals surface area contributed by atoms with Crippen molar-refractivity contribution in [2.24, 2.45) is 14.1 Å². The minimum Gasteiger partial charge on any atom is -0.350 e. The fourth-order valence-corrected chi connectivity index (χ4v) is 2.72. The highest BCUT2D eigenvalue weighted by atomic mass is 16.2. The van der Waals surface area contributed by atoms with Gasteiger partial charge >= 0.3 is 6.03 Å². The molecule has 128 valence electrons. The number of piperidine rings is 1. The van der Waals surface area contributed by atoms with Gasteiger partial charge in [0.2, 0.25) is 5.95 Å². The lowest BCUT2D eigenvalue weighted by Gasteiger charge is -2.33. The van der Waals surface area contributed by atoms with Crippen molar-refractivity contribution in [3.63, 3.8) is 0 Å². The number of rotatable bonds is 3. The number of hydrogen-bond acceptors (Lipinski definition) is 6. The van der Waals surface area contributed by atoms with Crippen molar-refractivity contribution in [3.05, 3.63) is 29.1 Å². The van der Waals surface area contributed by atoms with Crippen LogP contribution in [0.3, 0.4) is 0 Å². The zero-order valence-corrected chi connectivity index (χ0v) is 13.6. The summed E-state index contributed by atoms with van der Waals surface area (Å²) in [6, 6.07) is -0.412. The van der Waals surface area contributed by atoms with Gasteiger partial charge in [0.05, 0.1) is 0 Å². The average molecular weight is 332 g/mol. The van der Waals surface area contributed by atoms with Crippen molar-refractivity contribution in [2.75, 3.05) is 23.3 Å². The average Bonchev–Trinajstić information content (AvgIpc) is 2.95. The summed E-state index contributed by atoms with van der Waals surface area (Å²) in [6.45, 7) is 1.29. The maximum atomic E-state index is 12.2. The summed E-state index contributed by atoms with van der Waals surface area (Å²) in [5.74, 6) is 0.791. The van der Waals surface area contributed by atoms with E-state index in [1.807, 2.05) is 4.90 Å². The highest BCUT2D eigenvalue weighted by molar-refractivity contribution is 5.87. The number of amides is 2. The monoisotopic (exact) mass is 332 g/mol. The molecule has 1 aliphatic rings. The number of carbonyl (C=O) groups is 1. The lowest BCUT2D eigenvalue weighted by molar-refractivity contribution is 0.246. The molecule has 24 heavy (non-hydrogen) atoms. The van der Waals surface area contributed by atoms with Crippen LogP contribution in [0.15, 0.2) is 23.5 Å². The van der Waals surface area contributed by atoms with Gasteiger partial charge in [-0.05, 0) is 12.8 Å². The molecular weight excluding hydrogens is 312 g/mol. The van der Waals surface area contributed by atoms with Crippen LogP contribution in [0.4, 0.5) is 16.6 Å². The predicted octanol–water partition coefficient (Wildman–Crippen LogP) is -0.301. The smallest absolute Gasteiger partial charge is 0.321 e. The molecule has 2 N–H and O–H groups in total. The minimum absolute atomic E-state index is 0.0707. The van der Waals surface area contributed by atoms with Crippen molar-refractivity contribution in [2.45, 2.75) is 18.9 Å². The van der Waals surface area contributed by atoms with Crippen LogP contribution in [0.2, 0.25) is 0 Å². The van der Waals surface area contributed by atoms with E-state index in [-0.39, 0.29) is 17.6 Å². The maximum Gasteiger partial charge on any atom is 0.321 e. The molecule has 10 heteroatoms. The first kappa shape index (κ1) is 16.0. The molecule has 0 radical (unpaired) electrons. The molecule has 2 amide bonds. The number of nitrogens with zero attached hydrogens (tertiary/aromatic N) is 6. The molecule has 0 saturated carbocycles. The Balaban J connectivity index is 1.63. The Bertz CT molecular complexity index is 783. The SMILES string of the molecule is Cn1ncnc1NC(=O)NC1CCCN(c2nccn(C)c2=O)C1. The summed E-state index contributed by atoms with van der Waals surface area (Å²) >= 11 is 0. The van der Waals surface area contributed by atoms with E-state index in [1.54, 1.807) is 26.5 Å². The van der Waals surface area contributed by atoms with Crippen LogP contribution >= 0.6 is 0 Å². The van der Waals surface area contributed by atoms with Gasteiger partial charge in [-0.3, -0.25) is 10.1 Å². The van der Waals surface area contributed by atoms with E-state index in [0.717, 1.165) is 19.4 Å². The molecule has 3 heterocycles. The van der Waals surface area contributed by atoms with Gasteiger partial charge in [-0.2, -0.15) is 10.1 Å². The summed E-state index contributed by atoms with van der Waals surface area (Å²) in [4.78, 5) is 34.3. The third-order valence-electron chi connectivity index (χ3n) is 3.99. The first-order valence-corrected chi connectivity index (χ1v) is 7.72. The van der Waals surface area contributed by atoms with Crippen LogP contribution in [0.25, 0.3) is 0 Å². The van der Waals surface area contributed by atoms with Crippen LogP contribution in [0, 0.1) is 0 Å². The number of aryl methyl sites for hydroxylation is 2. The summed E-state index contributed by atoms with van der Waals surface area (Å²) in [5, 5.41) is 9.46. The second kappa shape index (κ2) is 6.69. The molecule has 10 nitrogen and oxygen atoms in total.